The fourth-order valence-corrected chi connectivity index (χ4v) is 3.07. The molecule has 7 heteroatoms. The van der Waals surface area contributed by atoms with Crippen molar-refractivity contribution in [3.8, 4) is 17.1 Å². The molecule has 2 aromatic heterocycles. The Hall–Kier alpha value is -2.44. The lowest BCUT2D eigenvalue weighted by Gasteiger charge is -2.43. The summed E-state index contributed by atoms with van der Waals surface area (Å²) in [5.74, 6) is 0.839. The van der Waals surface area contributed by atoms with Crippen LogP contribution < -0.4 is 16.0 Å². The molecule has 1 aliphatic rings. The largest absolute Gasteiger partial charge is 0.480 e. The second-order valence-electron chi connectivity index (χ2n) is 6.45. The van der Waals surface area contributed by atoms with Crippen LogP contribution in [0, 0.1) is 5.41 Å². The van der Waals surface area contributed by atoms with Crippen molar-refractivity contribution in [3.05, 3.63) is 38.7 Å². The van der Waals surface area contributed by atoms with Crippen LogP contribution in [-0.2, 0) is 0 Å². The van der Waals surface area contributed by atoms with Crippen molar-refractivity contribution in [2.45, 2.75) is 32.6 Å². The first-order chi connectivity index (χ1) is 10.4. The summed E-state index contributed by atoms with van der Waals surface area (Å²) in [4.78, 5) is 27.6. The quantitative estimate of drug-likeness (QED) is 0.893. The number of rotatable bonds is 3. The van der Waals surface area contributed by atoms with Gasteiger partial charge in [-0.1, -0.05) is 13.8 Å². The molecule has 0 atom stereocenters. The van der Waals surface area contributed by atoms with E-state index < -0.39 is 11.2 Å². The van der Waals surface area contributed by atoms with Gasteiger partial charge in [0, 0.05) is 11.8 Å². The molecule has 2 N–H and O–H groups in total. The van der Waals surface area contributed by atoms with E-state index in [-0.39, 0.29) is 5.56 Å². The predicted octanol–water partition coefficient (Wildman–Crippen LogP) is 1.43. The number of H-pyrrole nitrogens is 2. The summed E-state index contributed by atoms with van der Waals surface area (Å²) >= 11 is 0. The smallest absolute Gasteiger partial charge is 0.325 e. The summed E-state index contributed by atoms with van der Waals surface area (Å²) in [6.07, 6.45) is 3.43. The minimum atomic E-state index is -0.545. The van der Waals surface area contributed by atoms with Gasteiger partial charge in [-0.2, -0.15) is 0 Å². The molecule has 0 spiro atoms. The van der Waals surface area contributed by atoms with Crippen molar-refractivity contribution in [1.29, 1.82) is 0 Å². The number of hydrogen-bond donors (Lipinski definition) is 2. The van der Waals surface area contributed by atoms with Crippen LogP contribution in [0.1, 0.15) is 38.2 Å². The standard InChI is InChI=1S/C15H18N4O3/c1-15(2)5-8(6-15)9-4-11(18-19-13(9)22-3)10-7-16-14(21)17-12(10)20/h4,7-8H,5-6H2,1-3H3,(H2,16,17,20,21). The molecule has 0 radical (unpaired) electrons. The molecular formula is C15H18N4O3. The Morgan fingerprint density at radius 3 is 2.59 bits per heavy atom. The Labute approximate surface area is 126 Å². The Morgan fingerprint density at radius 1 is 1.27 bits per heavy atom. The lowest BCUT2D eigenvalue weighted by molar-refractivity contribution is 0.148. The molecule has 0 saturated heterocycles. The molecule has 2 heterocycles. The van der Waals surface area contributed by atoms with Crippen molar-refractivity contribution < 1.29 is 4.74 Å². The number of aromatic nitrogens is 4. The lowest BCUT2D eigenvalue weighted by atomic mass is 9.62. The van der Waals surface area contributed by atoms with Gasteiger partial charge in [0.15, 0.2) is 0 Å². The summed E-state index contributed by atoms with van der Waals surface area (Å²) in [5.41, 5.74) is 0.957. The lowest BCUT2D eigenvalue weighted by Crippen LogP contribution is -2.30. The summed E-state index contributed by atoms with van der Waals surface area (Å²) in [6.45, 7) is 4.44. The zero-order chi connectivity index (χ0) is 15.9. The van der Waals surface area contributed by atoms with Crippen LogP contribution in [0.4, 0.5) is 0 Å². The van der Waals surface area contributed by atoms with Gasteiger partial charge in [-0.15, -0.1) is 10.2 Å². The molecule has 3 rings (SSSR count). The first-order valence-electron chi connectivity index (χ1n) is 7.13. The van der Waals surface area contributed by atoms with E-state index in [2.05, 4.69) is 34.0 Å². The van der Waals surface area contributed by atoms with Gasteiger partial charge < -0.3 is 9.72 Å². The SMILES string of the molecule is COc1nnc(-c2c[nH]c(=O)[nH]c2=O)cc1C1CC(C)(C)C1. The van der Waals surface area contributed by atoms with Gasteiger partial charge in [-0.3, -0.25) is 9.78 Å². The number of aromatic amines is 2. The highest BCUT2D eigenvalue weighted by molar-refractivity contribution is 5.58. The summed E-state index contributed by atoms with van der Waals surface area (Å²) < 4.78 is 5.29. The van der Waals surface area contributed by atoms with Crippen molar-refractivity contribution in [2.24, 2.45) is 5.41 Å². The average Bonchev–Trinajstić information content (AvgIpc) is 2.44. The van der Waals surface area contributed by atoms with E-state index in [1.54, 1.807) is 7.11 Å². The first kappa shape index (κ1) is 14.5. The molecule has 1 fully saturated rings. The van der Waals surface area contributed by atoms with E-state index in [0.717, 1.165) is 18.4 Å². The zero-order valence-electron chi connectivity index (χ0n) is 12.8. The van der Waals surface area contributed by atoms with E-state index in [9.17, 15) is 9.59 Å². The topological polar surface area (TPSA) is 101 Å². The molecule has 0 bridgehead atoms. The monoisotopic (exact) mass is 302 g/mol. The normalized spacial score (nSPS) is 17.0. The zero-order valence-corrected chi connectivity index (χ0v) is 12.8. The summed E-state index contributed by atoms with van der Waals surface area (Å²) in [7, 11) is 1.56. The van der Waals surface area contributed by atoms with Gasteiger partial charge in [0.25, 0.3) is 5.56 Å². The maximum absolute atomic E-state index is 11.9. The van der Waals surface area contributed by atoms with E-state index >= 15 is 0 Å². The van der Waals surface area contributed by atoms with Crippen molar-refractivity contribution >= 4 is 0 Å². The fourth-order valence-electron chi connectivity index (χ4n) is 3.07. The third-order valence-corrected chi connectivity index (χ3v) is 4.11. The van der Waals surface area contributed by atoms with Gasteiger partial charge in [0.2, 0.25) is 5.88 Å². The summed E-state index contributed by atoms with van der Waals surface area (Å²) in [6, 6.07) is 1.83. The van der Waals surface area contributed by atoms with Gasteiger partial charge in [0.05, 0.1) is 12.7 Å². The maximum atomic E-state index is 11.9. The number of nitrogens with one attached hydrogen (secondary N) is 2. The average molecular weight is 302 g/mol. The van der Waals surface area contributed by atoms with Crippen LogP contribution in [0.2, 0.25) is 0 Å². The highest BCUT2D eigenvalue weighted by Gasteiger charge is 2.38. The van der Waals surface area contributed by atoms with Gasteiger partial charge >= 0.3 is 5.69 Å². The molecular weight excluding hydrogens is 284 g/mol. The summed E-state index contributed by atoms with van der Waals surface area (Å²) in [5, 5.41) is 8.10. The van der Waals surface area contributed by atoms with Crippen LogP contribution in [0.3, 0.4) is 0 Å². The Bertz CT molecular complexity index is 814. The number of nitrogens with zero attached hydrogens (tertiary/aromatic N) is 2. The fraction of sp³-hybridized carbons (Fsp3) is 0.467. The van der Waals surface area contributed by atoms with E-state index in [1.165, 1.54) is 6.20 Å². The third-order valence-electron chi connectivity index (χ3n) is 4.11. The molecule has 0 amide bonds. The Morgan fingerprint density at radius 2 is 2.00 bits per heavy atom. The van der Waals surface area contributed by atoms with Gasteiger partial charge in [-0.25, -0.2) is 4.79 Å². The maximum Gasteiger partial charge on any atom is 0.325 e. The van der Waals surface area contributed by atoms with Crippen molar-refractivity contribution in [3.63, 3.8) is 0 Å². The third kappa shape index (κ3) is 2.54. The number of methoxy groups -OCH3 is 1. The second-order valence-corrected chi connectivity index (χ2v) is 6.45. The molecule has 2 aromatic rings. The Kier molecular flexibility index (Phi) is 3.35. The highest BCUT2D eigenvalue weighted by Crippen LogP contribution is 2.52. The molecule has 116 valence electrons. The van der Waals surface area contributed by atoms with E-state index in [4.69, 9.17) is 4.74 Å². The van der Waals surface area contributed by atoms with E-state index in [0.29, 0.717) is 22.9 Å². The van der Waals surface area contributed by atoms with Crippen molar-refractivity contribution in [1.82, 2.24) is 20.2 Å². The van der Waals surface area contributed by atoms with E-state index in [1.807, 2.05) is 6.07 Å². The number of hydrogen-bond acceptors (Lipinski definition) is 5. The van der Waals surface area contributed by atoms with Crippen LogP contribution in [0.15, 0.2) is 21.9 Å². The molecule has 7 nitrogen and oxygen atoms in total. The predicted molar refractivity (Wildman–Crippen MR) is 81.0 cm³/mol. The van der Waals surface area contributed by atoms with Gasteiger partial charge in [-0.05, 0) is 30.2 Å². The van der Waals surface area contributed by atoms with Crippen molar-refractivity contribution in [2.75, 3.05) is 7.11 Å². The van der Waals surface area contributed by atoms with Crippen LogP contribution in [0.5, 0.6) is 5.88 Å². The van der Waals surface area contributed by atoms with Crippen LogP contribution >= 0.6 is 0 Å². The minimum absolute atomic E-state index is 0.287. The van der Waals surface area contributed by atoms with Crippen LogP contribution in [-0.4, -0.2) is 27.3 Å². The first-order valence-corrected chi connectivity index (χ1v) is 7.13. The molecule has 0 aromatic carbocycles. The second kappa shape index (κ2) is 5.08. The Balaban J connectivity index is 2.04. The molecule has 0 aliphatic heterocycles. The molecule has 0 unspecified atom stereocenters. The number of ether oxygens (including phenoxy) is 1. The molecule has 22 heavy (non-hydrogen) atoms. The minimum Gasteiger partial charge on any atom is -0.480 e. The molecule has 1 saturated carbocycles. The highest BCUT2D eigenvalue weighted by atomic mass is 16.5. The van der Waals surface area contributed by atoms with Crippen LogP contribution in [0.25, 0.3) is 11.3 Å². The molecule has 1 aliphatic carbocycles. The van der Waals surface area contributed by atoms with Gasteiger partial charge in [0.1, 0.15) is 5.69 Å².